The third kappa shape index (κ3) is 6.07. The smallest absolute Gasteiger partial charge is 0.118 e. The number of hydrogen-bond acceptors (Lipinski definition) is 5. The van der Waals surface area contributed by atoms with Crippen molar-refractivity contribution in [3.63, 3.8) is 0 Å². The van der Waals surface area contributed by atoms with Crippen molar-refractivity contribution in [2.24, 2.45) is 13.4 Å². The van der Waals surface area contributed by atoms with Crippen molar-refractivity contribution >= 4 is 52.3 Å². The lowest BCUT2D eigenvalue weighted by Crippen LogP contribution is -1.90. The Morgan fingerprint density at radius 3 is 2.70 bits per heavy atom. The summed E-state index contributed by atoms with van der Waals surface area (Å²) in [6.45, 7) is 0. The Hall–Kier alpha value is -1.80. The van der Waals surface area contributed by atoms with E-state index < -0.39 is 0 Å². The molecule has 0 amide bonds. The quantitative estimate of drug-likeness (QED) is 0.350. The topological polar surface area (TPSA) is 46.3 Å². The highest BCUT2D eigenvalue weighted by Gasteiger charge is 1.98. The van der Waals surface area contributed by atoms with Gasteiger partial charge in [0.25, 0.3) is 0 Å². The van der Waals surface area contributed by atoms with Crippen LogP contribution in [0.4, 0.5) is 0 Å². The van der Waals surface area contributed by atoms with Gasteiger partial charge < -0.3 is 4.74 Å². The minimum absolute atomic E-state index is 0.737. The molecule has 1 aromatic heterocycles. The molecule has 6 heteroatoms. The molecular weight excluding hydrogens is 421 g/mol. The summed E-state index contributed by atoms with van der Waals surface area (Å²) in [5, 5.41) is 10.0. The van der Waals surface area contributed by atoms with E-state index in [-0.39, 0.29) is 0 Å². The van der Waals surface area contributed by atoms with E-state index in [4.69, 9.17) is 4.74 Å². The van der Waals surface area contributed by atoms with Gasteiger partial charge in [0.1, 0.15) is 5.75 Å². The number of benzene rings is 1. The Morgan fingerprint density at radius 2 is 2.04 bits per heavy atom. The zero-order valence-electron chi connectivity index (χ0n) is 12.6. The van der Waals surface area contributed by atoms with E-state index >= 15 is 0 Å². The molecule has 118 valence electrons. The van der Waals surface area contributed by atoms with Crippen molar-refractivity contribution < 1.29 is 4.74 Å². The van der Waals surface area contributed by atoms with Crippen LogP contribution in [0.3, 0.4) is 0 Å². The molecule has 0 aliphatic heterocycles. The lowest BCUT2D eigenvalue weighted by molar-refractivity contribution is 0.414. The molecule has 1 heterocycles. The van der Waals surface area contributed by atoms with Crippen molar-refractivity contribution in [1.82, 2.24) is 0 Å². The number of ether oxygens (including phenoxy) is 1. The summed E-state index contributed by atoms with van der Waals surface area (Å²) in [5.74, 6) is 0.854. The van der Waals surface area contributed by atoms with Crippen molar-refractivity contribution in [3.05, 3.63) is 64.4 Å². The summed E-state index contributed by atoms with van der Waals surface area (Å²) in [6, 6.07) is 11.9. The summed E-state index contributed by atoms with van der Waals surface area (Å²) >= 11 is 3.65. The monoisotopic (exact) mass is 437 g/mol. The van der Waals surface area contributed by atoms with Gasteiger partial charge in [-0.25, -0.2) is 3.21 Å². The molecule has 0 fully saturated rings. The molecule has 0 aliphatic rings. The summed E-state index contributed by atoms with van der Waals surface area (Å²) in [5.41, 5.74) is 2.09. The Kier molecular flexibility index (Phi) is 7.68. The summed E-state index contributed by atoms with van der Waals surface area (Å²) in [7, 11) is 1.66. The fourth-order valence-corrected chi connectivity index (χ4v) is 3.02. The van der Waals surface area contributed by atoms with Gasteiger partial charge in [0.2, 0.25) is 0 Å². The fraction of sp³-hybridized carbons (Fsp3) is 0.118. The highest BCUT2D eigenvalue weighted by Crippen LogP contribution is 2.12. The van der Waals surface area contributed by atoms with Gasteiger partial charge in [-0.05, 0) is 41.3 Å². The van der Waals surface area contributed by atoms with E-state index in [9.17, 15) is 0 Å². The van der Waals surface area contributed by atoms with Crippen LogP contribution in [0.25, 0.3) is 0 Å². The minimum atomic E-state index is 0.737. The molecule has 0 atom stereocenters. The predicted octanol–water partition coefficient (Wildman–Crippen LogP) is 4.75. The first-order valence-corrected chi connectivity index (χ1v) is 8.75. The second-order valence-corrected chi connectivity index (χ2v) is 5.85. The molecule has 0 N–H and O–H groups in total. The third-order valence-electron chi connectivity index (χ3n) is 2.91. The number of thiophene rings is 1. The molecule has 23 heavy (non-hydrogen) atoms. The first-order valence-electron chi connectivity index (χ1n) is 6.91. The molecule has 2 rings (SSSR count). The number of hydrogen-bond donors (Lipinski definition) is 0. The molecule has 0 saturated carbocycles. The van der Waals surface area contributed by atoms with Gasteiger partial charge in [0, 0.05) is 18.9 Å². The first-order chi connectivity index (χ1) is 11.3. The lowest BCUT2D eigenvalue weighted by Gasteiger charge is -1.99. The predicted molar refractivity (Wildman–Crippen MR) is 108 cm³/mol. The standard InChI is InChI=1S/C17H16IN3OS/c1-22-15-8-6-14(7-9-15)10-12-20-19-11-2-4-16(21-18)17-5-3-13-23-17/h2-9,11-13H,10H2,1H3/b4-2-,19-11+,20-12+,21-16+. The molecule has 0 aliphatic carbocycles. The Labute approximate surface area is 153 Å². The molecule has 4 nitrogen and oxygen atoms in total. The van der Waals surface area contributed by atoms with Gasteiger partial charge in [-0.2, -0.15) is 10.2 Å². The largest absolute Gasteiger partial charge is 0.497 e. The first kappa shape index (κ1) is 17.6. The Morgan fingerprint density at radius 1 is 1.22 bits per heavy atom. The average Bonchev–Trinajstić information content (AvgIpc) is 3.12. The molecule has 0 bridgehead atoms. The maximum absolute atomic E-state index is 5.12. The molecule has 0 unspecified atom stereocenters. The number of nitrogens with zero attached hydrogens (tertiary/aromatic N) is 3. The van der Waals surface area contributed by atoms with E-state index in [0.29, 0.717) is 0 Å². The van der Waals surface area contributed by atoms with Crippen LogP contribution in [-0.4, -0.2) is 25.3 Å². The molecule has 1 aromatic carbocycles. The van der Waals surface area contributed by atoms with Gasteiger partial charge >= 0.3 is 0 Å². The van der Waals surface area contributed by atoms with Crippen molar-refractivity contribution in [2.45, 2.75) is 6.42 Å². The third-order valence-corrected chi connectivity index (χ3v) is 4.32. The fourth-order valence-electron chi connectivity index (χ4n) is 1.74. The van der Waals surface area contributed by atoms with Crippen molar-refractivity contribution in [3.8, 4) is 5.75 Å². The van der Waals surface area contributed by atoms with Gasteiger partial charge in [-0.1, -0.05) is 18.2 Å². The zero-order chi connectivity index (χ0) is 16.3. The second-order valence-electron chi connectivity index (χ2n) is 4.42. The SMILES string of the molecule is COc1ccc(C/C=N/N=C/C=C\C(=N/I)c2cccs2)cc1. The molecule has 0 radical (unpaired) electrons. The van der Waals surface area contributed by atoms with E-state index in [1.165, 1.54) is 0 Å². The Bertz CT molecular complexity index is 704. The van der Waals surface area contributed by atoms with Gasteiger partial charge in [-0.3, -0.25) is 0 Å². The van der Waals surface area contributed by atoms with Gasteiger partial charge in [0.15, 0.2) is 0 Å². The van der Waals surface area contributed by atoms with E-state index in [1.54, 1.807) is 30.9 Å². The van der Waals surface area contributed by atoms with E-state index in [2.05, 4.69) is 13.4 Å². The summed E-state index contributed by atoms with van der Waals surface area (Å²) < 4.78 is 9.34. The second kappa shape index (κ2) is 10.1. The molecule has 0 saturated heterocycles. The van der Waals surface area contributed by atoms with Crippen LogP contribution in [0.2, 0.25) is 0 Å². The van der Waals surface area contributed by atoms with Crippen LogP contribution in [0.15, 0.2) is 67.3 Å². The molecule has 0 spiro atoms. The van der Waals surface area contributed by atoms with E-state index in [1.807, 2.05) is 76.8 Å². The minimum Gasteiger partial charge on any atom is -0.497 e. The van der Waals surface area contributed by atoms with E-state index in [0.717, 1.165) is 28.3 Å². The maximum Gasteiger partial charge on any atom is 0.118 e. The van der Waals surface area contributed by atoms with Crippen LogP contribution in [0, 0.1) is 0 Å². The van der Waals surface area contributed by atoms with Crippen LogP contribution in [-0.2, 0) is 6.42 Å². The normalized spacial score (nSPS) is 12.7. The van der Waals surface area contributed by atoms with Crippen LogP contribution in [0.5, 0.6) is 5.75 Å². The lowest BCUT2D eigenvalue weighted by atomic mass is 10.2. The maximum atomic E-state index is 5.12. The van der Waals surface area contributed by atoms with Crippen LogP contribution in [0.1, 0.15) is 10.4 Å². The number of allylic oxidation sites excluding steroid dienone is 2. The number of halogens is 1. The van der Waals surface area contributed by atoms with Crippen molar-refractivity contribution in [1.29, 1.82) is 0 Å². The van der Waals surface area contributed by atoms with Crippen LogP contribution < -0.4 is 4.74 Å². The highest BCUT2D eigenvalue weighted by atomic mass is 127. The number of methoxy groups -OCH3 is 1. The summed E-state index contributed by atoms with van der Waals surface area (Å²) in [6.07, 6.45) is 7.92. The molecular formula is C17H16IN3OS. The molecule has 2 aromatic rings. The summed E-state index contributed by atoms with van der Waals surface area (Å²) in [4.78, 5) is 1.13. The van der Waals surface area contributed by atoms with Crippen molar-refractivity contribution in [2.75, 3.05) is 7.11 Å². The zero-order valence-corrected chi connectivity index (χ0v) is 15.6. The van der Waals surface area contributed by atoms with Gasteiger partial charge in [0.05, 0.1) is 40.6 Å². The van der Waals surface area contributed by atoms with Gasteiger partial charge in [-0.15, -0.1) is 11.3 Å². The number of rotatable bonds is 7. The highest BCUT2D eigenvalue weighted by molar-refractivity contribution is 14.1. The van der Waals surface area contributed by atoms with Crippen LogP contribution >= 0.6 is 34.2 Å². The average molecular weight is 437 g/mol. The Balaban J connectivity index is 1.80.